The van der Waals surface area contributed by atoms with E-state index in [-0.39, 0.29) is 11.3 Å². The first-order chi connectivity index (χ1) is 8.99. The quantitative estimate of drug-likeness (QED) is 0.575. The molecule has 1 aliphatic carbocycles. The lowest BCUT2D eigenvalue weighted by Crippen LogP contribution is -2.27. The van der Waals surface area contributed by atoms with Crippen molar-refractivity contribution in [2.75, 3.05) is 0 Å². The summed E-state index contributed by atoms with van der Waals surface area (Å²) in [6.07, 6.45) is 2.33. The van der Waals surface area contributed by atoms with Crippen LogP contribution in [0.4, 0.5) is 4.79 Å². The second-order valence-electron chi connectivity index (χ2n) is 4.83. The van der Waals surface area contributed by atoms with Gasteiger partial charge in [0.05, 0.1) is 0 Å². The molecule has 1 aromatic rings. The Balaban J connectivity index is 1.88. The van der Waals surface area contributed by atoms with Gasteiger partial charge in [-0.05, 0) is 25.0 Å². The van der Waals surface area contributed by atoms with E-state index in [4.69, 9.17) is 10.1 Å². The number of carbonyl (C=O) groups excluding carboxylic acids is 1. The van der Waals surface area contributed by atoms with Gasteiger partial charge in [0, 0.05) is 17.2 Å². The maximum Gasteiger partial charge on any atom is 0.419 e. The second-order valence-corrected chi connectivity index (χ2v) is 4.83. The van der Waals surface area contributed by atoms with Crippen LogP contribution in [0.5, 0.6) is 5.75 Å². The van der Waals surface area contributed by atoms with Gasteiger partial charge >= 0.3 is 6.09 Å². The largest absolute Gasteiger partial charge is 0.494 e. The van der Waals surface area contributed by atoms with E-state index in [1.807, 2.05) is 6.92 Å². The zero-order chi connectivity index (χ0) is 13.9. The van der Waals surface area contributed by atoms with E-state index in [2.05, 4.69) is 5.32 Å². The monoisotopic (exact) mass is 260 g/mol. The second kappa shape index (κ2) is 5.14. The summed E-state index contributed by atoms with van der Waals surface area (Å²) >= 11 is 0. The number of amides is 1. The molecule has 5 nitrogen and oxygen atoms in total. The van der Waals surface area contributed by atoms with E-state index >= 15 is 0 Å². The number of aliphatic hydroxyl groups excluding tert-OH is 1. The molecular formula is C14H16N2O3. The summed E-state index contributed by atoms with van der Waals surface area (Å²) in [5, 5.41) is 19.5. The lowest BCUT2D eigenvalue weighted by molar-refractivity contribution is 0.196. The molecule has 1 fully saturated rings. The van der Waals surface area contributed by atoms with Crippen molar-refractivity contribution >= 4 is 11.8 Å². The first-order valence-corrected chi connectivity index (χ1v) is 6.03. The molecule has 5 heteroatoms. The maximum absolute atomic E-state index is 11.5. The average Bonchev–Trinajstić information content (AvgIpc) is 3.09. The zero-order valence-corrected chi connectivity index (χ0v) is 10.6. The van der Waals surface area contributed by atoms with Crippen LogP contribution in [0.15, 0.2) is 42.3 Å². The topological polar surface area (TPSA) is 82.4 Å². The molecule has 0 unspecified atom stereocenters. The minimum atomic E-state index is -0.784. The van der Waals surface area contributed by atoms with Crippen LogP contribution in [0.25, 0.3) is 0 Å². The van der Waals surface area contributed by atoms with Crippen molar-refractivity contribution < 1.29 is 14.6 Å². The number of benzene rings is 1. The summed E-state index contributed by atoms with van der Waals surface area (Å²) in [6, 6.07) is 8.55. The number of carbonyl (C=O) groups is 1. The van der Waals surface area contributed by atoms with Gasteiger partial charge in [0.15, 0.2) is 5.88 Å². The van der Waals surface area contributed by atoms with E-state index in [1.54, 1.807) is 30.3 Å². The smallest absolute Gasteiger partial charge is 0.419 e. The first-order valence-electron chi connectivity index (χ1n) is 6.03. The van der Waals surface area contributed by atoms with Gasteiger partial charge in [0.25, 0.3) is 0 Å². The van der Waals surface area contributed by atoms with Gasteiger partial charge in [-0.15, -0.1) is 0 Å². The number of aliphatic hydroxyl groups is 1. The van der Waals surface area contributed by atoms with Gasteiger partial charge in [-0.2, -0.15) is 0 Å². The zero-order valence-electron chi connectivity index (χ0n) is 10.6. The molecular weight excluding hydrogens is 244 g/mol. The number of hydrogen-bond donors (Lipinski definition) is 3. The Bertz CT molecular complexity index is 519. The third-order valence-electron chi connectivity index (χ3n) is 3.12. The van der Waals surface area contributed by atoms with Crippen molar-refractivity contribution in [1.29, 1.82) is 5.41 Å². The predicted molar refractivity (Wildman–Crippen MR) is 71.4 cm³/mol. The summed E-state index contributed by atoms with van der Waals surface area (Å²) in [6.45, 7) is 1.95. The molecule has 1 aliphatic rings. The van der Waals surface area contributed by atoms with E-state index in [9.17, 15) is 9.90 Å². The van der Waals surface area contributed by atoms with Crippen molar-refractivity contribution in [3.05, 3.63) is 42.3 Å². The molecule has 1 amide bonds. The summed E-state index contributed by atoms with van der Waals surface area (Å²) < 4.78 is 4.95. The molecule has 0 aromatic heterocycles. The molecule has 0 aliphatic heterocycles. The van der Waals surface area contributed by atoms with Crippen molar-refractivity contribution in [3.63, 3.8) is 0 Å². The SMILES string of the molecule is CC1(C(=N)/C=C(\O)NC(=O)Oc2ccccc2)CC1. The molecule has 19 heavy (non-hydrogen) atoms. The fraction of sp³-hybridized carbons (Fsp3) is 0.286. The Morgan fingerprint density at radius 1 is 1.42 bits per heavy atom. The highest BCUT2D eigenvalue weighted by Crippen LogP contribution is 2.46. The summed E-state index contributed by atoms with van der Waals surface area (Å²) in [4.78, 5) is 11.5. The van der Waals surface area contributed by atoms with Gasteiger partial charge in [-0.1, -0.05) is 25.1 Å². The molecule has 100 valence electrons. The van der Waals surface area contributed by atoms with Gasteiger partial charge in [-0.3, -0.25) is 5.32 Å². The number of ether oxygens (including phenoxy) is 1. The molecule has 2 rings (SSSR count). The van der Waals surface area contributed by atoms with Crippen LogP contribution < -0.4 is 10.1 Å². The van der Waals surface area contributed by atoms with Crippen molar-refractivity contribution in [3.8, 4) is 5.75 Å². The van der Waals surface area contributed by atoms with Crippen LogP contribution in [0, 0.1) is 10.8 Å². The molecule has 0 bridgehead atoms. The third-order valence-corrected chi connectivity index (χ3v) is 3.12. The Hall–Kier alpha value is -2.30. The Morgan fingerprint density at radius 3 is 2.63 bits per heavy atom. The van der Waals surface area contributed by atoms with Gasteiger partial charge in [0.1, 0.15) is 5.75 Å². The van der Waals surface area contributed by atoms with E-state index in [1.165, 1.54) is 6.08 Å². The normalized spacial score (nSPS) is 16.6. The van der Waals surface area contributed by atoms with Crippen LogP contribution in [-0.2, 0) is 0 Å². The predicted octanol–water partition coefficient (Wildman–Crippen LogP) is 2.99. The molecule has 1 aromatic carbocycles. The summed E-state index contributed by atoms with van der Waals surface area (Å²) in [5.74, 6) is 0.0103. The van der Waals surface area contributed by atoms with Crippen molar-refractivity contribution in [2.45, 2.75) is 19.8 Å². The number of nitrogens with one attached hydrogen (secondary N) is 2. The minimum absolute atomic E-state index is 0.154. The van der Waals surface area contributed by atoms with Crippen LogP contribution >= 0.6 is 0 Å². The Kier molecular flexibility index (Phi) is 3.55. The highest BCUT2D eigenvalue weighted by molar-refractivity contribution is 5.99. The van der Waals surface area contributed by atoms with Crippen LogP contribution in [-0.4, -0.2) is 16.9 Å². The number of para-hydroxylation sites is 1. The third kappa shape index (κ3) is 3.58. The molecule has 1 saturated carbocycles. The van der Waals surface area contributed by atoms with Gasteiger partial charge in [-0.25, -0.2) is 4.79 Å². The number of rotatable bonds is 4. The highest BCUT2D eigenvalue weighted by atomic mass is 16.6. The minimum Gasteiger partial charge on any atom is -0.494 e. The molecule has 0 heterocycles. The molecule has 0 spiro atoms. The van der Waals surface area contributed by atoms with Crippen molar-refractivity contribution in [2.24, 2.45) is 5.41 Å². The van der Waals surface area contributed by atoms with Crippen LogP contribution in [0.1, 0.15) is 19.8 Å². The van der Waals surface area contributed by atoms with E-state index in [0.717, 1.165) is 12.8 Å². The number of allylic oxidation sites excluding steroid dienone is 1. The average molecular weight is 260 g/mol. The molecule has 3 N–H and O–H groups in total. The number of hydrogen-bond acceptors (Lipinski definition) is 4. The summed E-state index contributed by atoms with van der Waals surface area (Å²) in [7, 11) is 0. The summed E-state index contributed by atoms with van der Waals surface area (Å²) in [5.41, 5.74) is 0.156. The maximum atomic E-state index is 11.5. The fourth-order valence-electron chi connectivity index (χ4n) is 1.53. The Morgan fingerprint density at radius 2 is 2.05 bits per heavy atom. The van der Waals surface area contributed by atoms with E-state index in [0.29, 0.717) is 11.5 Å². The molecule has 0 radical (unpaired) electrons. The van der Waals surface area contributed by atoms with E-state index < -0.39 is 6.09 Å². The van der Waals surface area contributed by atoms with Gasteiger partial charge < -0.3 is 15.3 Å². The van der Waals surface area contributed by atoms with Gasteiger partial charge in [0.2, 0.25) is 0 Å². The standard InChI is InChI=1S/C14H16N2O3/c1-14(7-8-14)11(15)9-12(17)16-13(18)19-10-5-3-2-4-6-10/h2-6,9,15,17H,7-8H2,1H3,(H,16,18)/b12-9-,15-11?. The van der Waals surface area contributed by atoms with Crippen LogP contribution in [0.3, 0.4) is 0 Å². The van der Waals surface area contributed by atoms with Crippen LogP contribution in [0.2, 0.25) is 0 Å². The molecule has 0 saturated heterocycles. The lowest BCUT2D eigenvalue weighted by atomic mass is 10.0. The highest BCUT2D eigenvalue weighted by Gasteiger charge is 2.40. The first kappa shape index (κ1) is 13.1. The fourth-order valence-corrected chi connectivity index (χ4v) is 1.53. The molecule has 0 atom stereocenters. The van der Waals surface area contributed by atoms with Crippen molar-refractivity contribution in [1.82, 2.24) is 5.32 Å². The lowest BCUT2D eigenvalue weighted by Gasteiger charge is -2.08. The Labute approximate surface area is 111 Å².